The van der Waals surface area contributed by atoms with Crippen molar-refractivity contribution in [2.45, 2.75) is 110 Å². The summed E-state index contributed by atoms with van der Waals surface area (Å²) in [5.41, 5.74) is 6.78. The summed E-state index contributed by atoms with van der Waals surface area (Å²) in [4.78, 5) is 42.4. The quantitative estimate of drug-likeness (QED) is 0.0153. The number of aryl methyl sites for hydroxylation is 2. The van der Waals surface area contributed by atoms with Gasteiger partial charge in [0.1, 0.15) is 17.2 Å². The Morgan fingerprint density at radius 3 is 1.90 bits per heavy atom. The third-order valence-electron chi connectivity index (χ3n) is 13.5. The van der Waals surface area contributed by atoms with Gasteiger partial charge in [-0.2, -0.15) is 18.3 Å². The molecular formula is C65H58F3N7O4RuS2. The molecule has 6 heterocycles. The van der Waals surface area contributed by atoms with Gasteiger partial charge in [0.2, 0.25) is 0 Å². The summed E-state index contributed by atoms with van der Waals surface area (Å²) in [5, 5.41) is 22.7. The minimum Gasteiger partial charge on any atom is -0.753 e. The van der Waals surface area contributed by atoms with Crippen LogP contribution in [0.4, 0.5) is 13.2 Å². The average Bonchev–Trinajstić information content (AvgIpc) is 4.17. The average molecular weight is 1220 g/mol. The summed E-state index contributed by atoms with van der Waals surface area (Å²) in [7, 11) is 0. The number of halogens is 3. The predicted octanol–water partition coefficient (Wildman–Crippen LogP) is 16.6. The van der Waals surface area contributed by atoms with E-state index in [1.165, 1.54) is 104 Å². The van der Waals surface area contributed by atoms with Gasteiger partial charge in [-0.25, -0.2) is 4.98 Å². The number of carbonyl (C=O) groups is 2. The van der Waals surface area contributed by atoms with Gasteiger partial charge in [0.25, 0.3) is 12.9 Å². The molecule has 0 bridgehead atoms. The molecule has 0 saturated carbocycles. The molecule has 10 rings (SSSR count). The van der Waals surface area contributed by atoms with Crippen LogP contribution in [0.15, 0.2) is 128 Å². The Labute approximate surface area is 497 Å². The fourth-order valence-electron chi connectivity index (χ4n) is 9.50. The molecule has 0 spiro atoms. The van der Waals surface area contributed by atoms with Gasteiger partial charge in [0.05, 0.1) is 28.5 Å². The Balaban J connectivity index is 0.000000236. The van der Waals surface area contributed by atoms with Crippen molar-refractivity contribution >= 4 is 74.0 Å². The number of hydrogen-bond donors (Lipinski definition) is 0. The summed E-state index contributed by atoms with van der Waals surface area (Å²) < 4.78 is 48.9. The number of hydrogen-bond acceptors (Lipinski definition) is 11. The summed E-state index contributed by atoms with van der Waals surface area (Å²) >= 11 is 5.50. The Bertz CT molecular complexity index is 3890. The topological polar surface area (TPSA) is 153 Å². The third-order valence-corrected chi connectivity index (χ3v) is 14.8. The first-order chi connectivity index (χ1) is 39.1. The fraction of sp³-hybridized carbons (Fsp3) is 0.262. The molecular weight excluding hydrogens is 1160 g/mol. The van der Waals surface area contributed by atoms with Gasteiger partial charge in [-0.15, -0.1) is 11.3 Å². The molecule has 82 heavy (non-hydrogen) atoms. The number of pyridine rings is 4. The molecule has 0 unspecified atom stereocenters. The number of benzene rings is 4. The van der Waals surface area contributed by atoms with Crippen LogP contribution in [0.2, 0.25) is 0 Å². The van der Waals surface area contributed by atoms with E-state index in [-0.39, 0.29) is 36.3 Å². The van der Waals surface area contributed by atoms with Crippen LogP contribution in [-0.4, -0.2) is 43.1 Å². The van der Waals surface area contributed by atoms with Crippen LogP contribution in [0.5, 0.6) is 11.5 Å². The standard InChI is InChI=1S/C39H27N3O4.C25H31F3N3S.CNS.Ru/c1-39(2,3)29-17-27-9-8-26-7-6-25(32-11-10-28(18-29)37(27)38(26)32)5-4-24-12-14-40-33(16-24)35-20-31(46-23-44)21-36(42-35)34-19-30(45-22-43)13-15-41-34;1-3-5-7-9-11-18-15-20(12-10-8-6-4-2)32-24(18)19-13-14-29-21(16-19)22-17-23(31-30-22)25(26,27)28;2-1-3;/h6-23H,1-3H3;13-17H,3-12H2,1-2H3;;/q;2*-1;+2. The summed E-state index contributed by atoms with van der Waals surface area (Å²) in [6.07, 6.45) is 12.1. The van der Waals surface area contributed by atoms with Crippen molar-refractivity contribution in [3.05, 3.63) is 166 Å². The van der Waals surface area contributed by atoms with Gasteiger partial charge in [-0.05, 0) is 129 Å². The maximum atomic E-state index is 12.9. The smallest absolute Gasteiger partial charge is 0.753 e. The van der Waals surface area contributed by atoms with Crippen molar-refractivity contribution in [1.82, 2.24) is 30.1 Å². The molecule has 0 fully saturated rings. The first-order valence-electron chi connectivity index (χ1n) is 26.7. The second-order valence-electron chi connectivity index (χ2n) is 20.3. The van der Waals surface area contributed by atoms with Crippen molar-refractivity contribution < 1.29 is 51.7 Å². The van der Waals surface area contributed by atoms with Crippen molar-refractivity contribution in [1.29, 1.82) is 0 Å². The molecule has 0 aliphatic heterocycles. The van der Waals surface area contributed by atoms with E-state index in [1.54, 1.807) is 48.0 Å². The van der Waals surface area contributed by atoms with Gasteiger partial charge in [0.15, 0.2) is 0 Å². The van der Waals surface area contributed by atoms with E-state index in [0.717, 1.165) is 47.4 Å². The minimum atomic E-state index is -4.51. The molecule has 0 radical (unpaired) electrons. The Morgan fingerprint density at radius 2 is 1.24 bits per heavy atom. The predicted molar refractivity (Wildman–Crippen MR) is 320 cm³/mol. The summed E-state index contributed by atoms with van der Waals surface area (Å²) in [5.74, 6) is 7.28. The molecule has 0 aliphatic rings. The van der Waals surface area contributed by atoms with E-state index >= 15 is 0 Å². The van der Waals surface area contributed by atoms with Crippen LogP contribution < -0.4 is 14.6 Å². The third kappa shape index (κ3) is 15.6. The van der Waals surface area contributed by atoms with Crippen LogP contribution >= 0.6 is 23.6 Å². The fourth-order valence-corrected chi connectivity index (χ4v) is 10.7. The van der Waals surface area contributed by atoms with Gasteiger partial charge in [-0.3, -0.25) is 24.5 Å². The first-order valence-corrected chi connectivity index (χ1v) is 27.9. The van der Waals surface area contributed by atoms with Crippen LogP contribution in [0.3, 0.4) is 0 Å². The molecule has 0 atom stereocenters. The minimum absolute atomic E-state index is 0. The SMILES string of the molecule is CC(C)(C)c1cc2ccc3ccc(C#Cc4ccnc(-c5cc(OC=O)cc(-c6cc(OC=O)ccn6)n5)c4)c4ccc(c1)c2c34.CCCCCCc1cc(CCCCCC)c(-c2ccnc(-c3cc(C(F)(F)F)n[n-]3)c2)s1.[N-]=C=S.[Ru+2]. The number of isothiocyanates is 1. The zero-order valence-corrected chi connectivity index (χ0v) is 49.3. The van der Waals surface area contributed by atoms with Crippen LogP contribution in [0, 0.1) is 11.8 Å². The van der Waals surface area contributed by atoms with Crippen molar-refractivity contribution in [3.63, 3.8) is 0 Å². The molecule has 17 heteroatoms. The maximum Gasteiger partial charge on any atom is 2.00 e. The number of thiophene rings is 1. The number of ether oxygens (including phenoxy) is 2. The van der Waals surface area contributed by atoms with Crippen molar-refractivity contribution in [3.8, 4) is 67.9 Å². The first kappa shape index (κ1) is 61.8. The van der Waals surface area contributed by atoms with Gasteiger partial charge >= 0.3 is 25.7 Å². The number of thiocarbonyl (C=S) groups is 1. The summed E-state index contributed by atoms with van der Waals surface area (Å²) in [6.45, 7) is 11.8. The Kier molecular flexibility index (Phi) is 21.6. The molecule has 11 nitrogen and oxygen atoms in total. The number of carbonyl (C=O) groups excluding carboxylic acids is 2. The van der Waals surface area contributed by atoms with Crippen LogP contribution in [0.1, 0.15) is 119 Å². The van der Waals surface area contributed by atoms with Crippen molar-refractivity contribution in [2.75, 3.05) is 0 Å². The largest absolute Gasteiger partial charge is 2.00 e. The molecule has 10 aromatic rings. The molecule has 0 N–H and O–H groups in total. The zero-order valence-electron chi connectivity index (χ0n) is 45.9. The number of nitrogens with zero attached hydrogens (tertiary/aromatic N) is 7. The summed E-state index contributed by atoms with van der Waals surface area (Å²) in [6, 6.07) is 34.7. The van der Waals surface area contributed by atoms with Gasteiger partial charge in [-0.1, -0.05) is 145 Å². The van der Waals surface area contributed by atoms with E-state index in [4.69, 9.17) is 19.9 Å². The molecule has 6 aromatic heterocycles. The molecule has 0 amide bonds. The van der Waals surface area contributed by atoms with Gasteiger partial charge < -0.3 is 25.1 Å². The number of alkyl halides is 3. The number of rotatable bonds is 18. The molecule has 0 aliphatic carbocycles. The monoisotopic (exact) mass is 1220 g/mol. The van der Waals surface area contributed by atoms with E-state index in [1.807, 2.05) is 24.3 Å². The van der Waals surface area contributed by atoms with Crippen molar-refractivity contribution in [2.24, 2.45) is 0 Å². The Hall–Kier alpha value is -7.86. The van der Waals surface area contributed by atoms with E-state index < -0.39 is 11.9 Å². The van der Waals surface area contributed by atoms with E-state index in [0.29, 0.717) is 47.2 Å². The molecule has 0 saturated heterocycles. The normalized spacial score (nSPS) is 11.1. The second kappa shape index (κ2) is 28.7. The molecule has 4 aromatic carbocycles. The number of aromatic nitrogens is 6. The van der Waals surface area contributed by atoms with E-state index in [9.17, 15) is 22.8 Å². The second-order valence-corrected chi connectivity index (χ2v) is 21.6. The van der Waals surface area contributed by atoms with Crippen LogP contribution in [-0.2, 0) is 53.5 Å². The van der Waals surface area contributed by atoms with Gasteiger partial charge in [0, 0.05) is 57.7 Å². The zero-order chi connectivity index (χ0) is 57.5. The maximum absolute atomic E-state index is 12.9. The molecule has 418 valence electrons. The van der Waals surface area contributed by atoms with Crippen LogP contribution in [0.25, 0.3) is 82.3 Å². The number of unbranched alkanes of at least 4 members (excludes halogenated alkanes) is 6. The Morgan fingerprint density at radius 1 is 0.646 bits per heavy atom. The van der Waals surface area contributed by atoms with E-state index in [2.05, 4.69) is 138 Å².